The standard InChI is InChI=1S/C30H34N4O5/c1-4-39-29(37)22-14-16-33(17-15-22)28(36)26(21-8-6-5-7-9-21)34-18-23-24(27(34)35)25(31-30(38)32(23)3)20-12-10-19(2)11-13-20/h5-13,22,25-26H,4,14-18H2,1-3H3,(H,31,38)/t25-,26-/m0/s1. The number of amides is 4. The highest BCUT2D eigenvalue weighted by molar-refractivity contribution is 6.03. The molecule has 39 heavy (non-hydrogen) atoms. The summed E-state index contributed by atoms with van der Waals surface area (Å²) in [5, 5.41) is 2.96. The number of carbonyl (C=O) groups excluding carboxylic acids is 4. The van der Waals surface area contributed by atoms with Gasteiger partial charge in [0.25, 0.3) is 5.91 Å². The molecule has 204 valence electrons. The van der Waals surface area contributed by atoms with Crippen molar-refractivity contribution in [1.82, 2.24) is 20.0 Å². The molecule has 0 aliphatic carbocycles. The first-order valence-electron chi connectivity index (χ1n) is 13.4. The van der Waals surface area contributed by atoms with Crippen LogP contribution in [0, 0.1) is 12.8 Å². The molecule has 1 saturated heterocycles. The Morgan fingerprint density at radius 3 is 2.33 bits per heavy atom. The summed E-state index contributed by atoms with van der Waals surface area (Å²) in [7, 11) is 1.65. The molecule has 3 aliphatic heterocycles. The molecule has 2 aromatic rings. The number of benzene rings is 2. The largest absolute Gasteiger partial charge is 0.466 e. The van der Waals surface area contributed by atoms with Crippen LogP contribution >= 0.6 is 0 Å². The number of hydrogen-bond donors (Lipinski definition) is 1. The van der Waals surface area contributed by atoms with Gasteiger partial charge in [-0.2, -0.15) is 0 Å². The van der Waals surface area contributed by atoms with Crippen molar-refractivity contribution in [1.29, 1.82) is 0 Å². The number of piperidine rings is 1. The van der Waals surface area contributed by atoms with Gasteiger partial charge in [0.15, 0.2) is 0 Å². The number of esters is 1. The first-order valence-corrected chi connectivity index (χ1v) is 13.4. The third-order valence-electron chi connectivity index (χ3n) is 7.89. The van der Waals surface area contributed by atoms with E-state index in [0.717, 1.165) is 11.1 Å². The smallest absolute Gasteiger partial charge is 0.322 e. The summed E-state index contributed by atoms with van der Waals surface area (Å²) in [6.07, 6.45) is 1.04. The molecule has 9 nitrogen and oxygen atoms in total. The number of urea groups is 1. The van der Waals surface area contributed by atoms with E-state index in [1.807, 2.05) is 61.5 Å². The Labute approximate surface area is 228 Å². The average Bonchev–Trinajstić information content (AvgIpc) is 3.29. The van der Waals surface area contributed by atoms with Crippen LogP contribution in [-0.4, -0.2) is 71.8 Å². The Balaban J connectivity index is 1.44. The van der Waals surface area contributed by atoms with Gasteiger partial charge in [-0.3, -0.25) is 19.3 Å². The number of carbonyl (C=O) groups is 4. The second-order valence-corrected chi connectivity index (χ2v) is 10.3. The van der Waals surface area contributed by atoms with E-state index in [4.69, 9.17) is 4.74 Å². The van der Waals surface area contributed by atoms with E-state index < -0.39 is 12.1 Å². The number of rotatable bonds is 6. The monoisotopic (exact) mass is 530 g/mol. The molecule has 1 N–H and O–H groups in total. The molecule has 3 aliphatic rings. The van der Waals surface area contributed by atoms with Crippen LogP contribution in [0.3, 0.4) is 0 Å². The van der Waals surface area contributed by atoms with Crippen LogP contribution in [0.2, 0.25) is 0 Å². The van der Waals surface area contributed by atoms with E-state index in [9.17, 15) is 19.2 Å². The maximum Gasteiger partial charge on any atom is 0.322 e. The van der Waals surface area contributed by atoms with Gasteiger partial charge in [-0.1, -0.05) is 60.2 Å². The molecule has 5 rings (SSSR count). The van der Waals surface area contributed by atoms with Crippen molar-refractivity contribution in [2.45, 2.75) is 38.8 Å². The first-order chi connectivity index (χ1) is 18.8. The van der Waals surface area contributed by atoms with Crippen molar-refractivity contribution >= 4 is 23.8 Å². The third kappa shape index (κ3) is 5.01. The van der Waals surface area contributed by atoms with Crippen molar-refractivity contribution in [3.05, 3.63) is 82.6 Å². The van der Waals surface area contributed by atoms with Gasteiger partial charge in [-0.05, 0) is 37.8 Å². The van der Waals surface area contributed by atoms with Crippen LogP contribution < -0.4 is 5.32 Å². The summed E-state index contributed by atoms with van der Waals surface area (Å²) in [5.74, 6) is -0.915. The third-order valence-corrected chi connectivity index (χ3v) is 7.89. The van der Waals surface area contributed by atoms with Crippen LogP contribution in [0.25, 0.3) is 0 Å². The summed E-state index contributed by atoms with van der Waals surface area (Å²) >= 11 is 0. The number of likely N-dealkylation sites (tertiary alicyclic amines) is 1. The molecule has 3 heterocycles. The maximum atomic E-state index is 14.1. The van der Waals surface area contributed by atoms with Crippen LogP contribution in [0.15, 0.2) is 65.9 Å². The van der Waals surface area contributed by atoms with Gasteiger partial charge in [0, 0.05) is 20.1 Å². The van der Waals surface area contributed by atoms with Gasteiger partial charge in [0.2, 0.25) is 5.91 Å². The molecular weight excluding hydrogens is 496 g/mol. The molecule has 0 spiro atoms. The summed E-state index contributed by atoms with van der Waals surface area (Å²) in [6.45, 7) is 5.06. The summed E-state index contributed by atoms with van der Waals surface area (Å²) in [4.78, 5) is 58.1. The van der Waals surface area contributed by atoms with E-state index in [0.29, 0.717) is 49.4 Å². The molecule has 0 aromatic heterocycles. The SMILES string of the molecule is CCOC(=O)C1CCN(C(=O)[C@H](c2ccccc2)N2CC3=C(C2=O)[C@H](c2ccc(C)cc2)NC(=O)N3C)CC1. The minimum atomic E-state index is -0.856. The van der Waals surface area contributed by atoms with Crippen molar-refractivity contribution in [3.8, 4) is 0 Å². The zero-order valence-electron chi connectivity index (χ0n) is 22.6. The second-order valence-electron chi connectivity index (χ2n) is 10.3. The highest BCUT2D eigenvalue weighted by Gasteiger charge is 2.47. The van der Waals surface area contributed by atoms with Gasteiger partial charge in [0.05, 0.1) is 36.4 Å². The lowest BCUT2D eigenvalue weighted by molar-refractivity contribution is -0.152. The van der Waals surface area contributed by atoms with E-state index in [1.54, 1.807) is 23.8 Å². The fourth-order valence-corrected chi connectivity index (χ4v) is 5.67. The summed E-state index contributed by atoms with van der Waals surface area (Å²) < 4.78 is 5.18. The van der Waals surface area contributed by atoms with Crippen LogP contribution in [0.5, 0.6) is 0 Å². The number of aryl methyl sites for hydroxylation is 1. The zero-order valence-corrected chi connectivity index (χ0v) is 22.6. The first kappa shape index (κ1) is 26.5. The molecule has 0 saturated carbocycles. The summed E-state index contributed by atoms with van der Waals surface area (Å²) in [5.41, 5.74) is 3.68. The van der Waals surface area contributed by atoms with Crippen LogP contribution in [-0.2, 0) is 19.1 Å². The van der Waals surface area contributed by atoms with Crippen molar-refractivity contribution in [3.63, 3.8) is 0 Å². The Bertz CT molecular complexity index is 1300. The predicted octanol–water partition coefficient (Wildman–Crippen LogP) is 3.33. The lowest BCUT2D eigenvalue weighted by atomic mass is 9.94. The molecule has 9 heteroatoms. The average molecular weight is 531 g/mol. The quantitative estimate of drug-likeness (QED) is 0.578. The zero-order chi connectivity index (χ0) is 27.7. The molecule has 4 amide bonds. The van der Waals surface area contributed by atoms with Crippen molar-refractivity contribution < 1.29 is 23.9 Å². The van der Waals surface area contributed by atoms with Crippen LogP contribution in [0.4, 0.5) is 4.79 Å². The Morgan fingerprint density at radius 1 is 1.03 bits per heavy atom. The molecule has 2 atom stereocenters. The Morgan fingerprint density at radius 2 is 1.69 bits per heavy atom. The molecular formula is C30H34N4O5. The second kappa shape index (κ2) is 10.9. The van der Waals surface area contributed by atoms with Gasteiger partial charge in [0.1, 0.15) is 6.04 Å². The van der Waals surface area contributed by atoms with E-state index in [1.165, 1.54) is 4.90 Å². The Hall–Kier alpha value is -4.14. The molecule has 0 unspecified atom stereocenters. The van der Waals surface area contributed by atoms with Crippen LogP contribution in [0.1, 0.15) is 48.5 Å². The molecule has 0 radical (unpaired) electrons. The summed E-state index contributed by atoms with van der Waals surface area (Å²) in [6, 6.07) is 15.3. The highest BCUT2D eigenvalue weighted by Crippen LogP contribution is 2.40. The van der Waals surface area contributed by atoms with Gasteiger partial charge in [-0.15, -0.1) is 0 Å². The minimum absolute atomic E-state index is 0.144. The van der Waals surface area contributed by atoms with Gasteiger partial charge < -0.3 is 19.9 Å². The maximum absolute atomic E-state index is 14.1. The van der Waals surface area contributed by atoms with E-state index in [2.05, 4.69) is 5.32 Å². The van der Waals surface area contributed by atoms with E-state index in [-0.39, 0.29) is 36.3 Å². The molecule has 2 aromatic carbocycles. The number of nitrogens with zero attached hydrogens (tertiary/aromatic N) is 3. The lowest BCUT2D eigenvalue weighted by Gasteiger charge is -2.36. The number of hydrogen-bond acceptors (Lipinski definition) is 5. The van der Waals surface area contributed by atoms with E-state index >= 15 is 0 Å². The van der Waals surface area contributed by atoms with Gasteiger partial charge in [-0.25, -0.2) is 4.79 Å². The fourth-order valence-electron chi connectivity index (χ4n) is 5.67. The van der Waals surface area contributed by atoms with Crippen molar-refractivity contribution in [2.75, 3.05) is 33.3 Å². The topological polar surface area (TPSA) is 99.3 Å². The minimum Gasteiger partial charge on any atom is -0.466 e. The van der Waals surface area contributed by atoms with Crippen molar-refractivity contribution in [2.24, 2.45) is 5.92 Å². The number of ether oxygens (including phenoxy) is 1. The highest BCUT2D eigenvalue weighted by atomic mass is 16.5. The molecule has 1 fully saturated rings. The lowest BCUT2D eigenvalue weighted by Crippen LogP contribution is -2.48. The molecule has 0 bridgehead atoms. The fraction of sp³-hybridized carbons (Fsp3) is 0.400. The van der Waals surface area contributed by atoms with Gasteiger partial charge >= 0.3 is 12.0 Å². The normalized spacial score (nSPS) is 20.6. The predicted molar refractivity (Wildman–Crippen MR) is 144 cm³/mol. The Kier molecular flexibility index (Phi) is 7.41. The number of nitrogens with one attached hydrogen (secondary N) is 1. The number of likely N-dealkylation sites (N-methyl/N-ethyl adjacent to an activating group) is 1.